The van der Waals surface area contributed by atoms with Gasteiger partial charge in [-0.3, -0.25) is 9.69 Å². The summed E-state index contributed by atoms with van der Waals surface area (Å²) in [6, 6.07) is 7.62. The smallest absolute Gasteiger partial charge is 0.237 e. The van der Waals surface area contributed by atoms with Crippen LogP contribution in [0.4, 0.5) is 0 Å². The lowest BCUT2D eigenvalue weighted by Crippen LogP contribution is -2.48. The lowest BCUT2D eigenvalue weighted by atomic mass is 10.0. The molecule has 134 valence electrons. The number of nitrogens with two attached hydrogens (primary N) is 1. The maximum absolute atomic E-state index is 12.2. The summed E-state index contributed by atoms with van der Waals surface area (Å²) < 4.78 is 10.7. The lowest BCUT2D eigenvalue weighted by molar-refractivity contribution is -0.123. The lowest BCUT2D eigenvalue weighted by Gasteiger charge is -2.35. The van der Waals surface area contributed by atoms with Crippen LogP contribution in [-0.2, 0) is 9.53 Å². The molecule has 1 amide bonds. The number of carbonyl (C=O) groups is 1. The van der Waals surface area contributed by atoms with Crippen molar-refractivity contribution in [1.29, 1.82) is 0 Å². The van der Waals surface area contributed by atoms with E-state index in [9.17, 15) is 4.79 Å². The molecule has 1 unspecified atom stereocenters. The molecule has 6 nitrogen and oxygen atoms in total. The zero-order chi connectivity index (χ0) is 17.5. The van der Waals surface area contributed by atoms with E-state index in [-0.39, 0.29) is 17.9 Å². The molecule has 3 N–H and O–H groups in total. The molecule has 2 rings (SSSR count). The molecule has 1 heterocycles. The summed E-state index contributed by atoms with van der Waals surface area (Å²) in [6.07, 6.45) is 0. The Labute approximate surface area is 144 Å². The largest absolute Gasteiger partial charge is 0.497 e. The van der Waals surface area contributed by atoms with Crippen molar-refractivity contribution in [2.45, 2.75) is 25.9 Å². The van der Waals surface area contributed by atoms with Gasteiger partial charge in [-0.25, -0.2) is 0 Å². The second kappa shape index (κ2) is 9.01. The third-order valence-electron chi connectivity index (χ3n) is 4.48. The number of carbonyl (C=O) groups excluding carboxylic acids is 1. The number of amides is 1. The van der Waals surface area contributed by atoms with Crippen molar-refractivity contribution in [3.8, 4) is 5.75 Å². The fourth-order valence-electron chi connectivity index (χ4n) is 2.79. The summed E-state index contributed by atoms with van der Waals surface area (Å²) in [5.41, 5.74) is 7.09. The van der Waals surface area contributed by atoms with Crippen molar-refractivity contribution in [1.82, 2.24) is 10.2 Å². The average Bonchev–Trinajstić information content (AvgIpc) is 2.62. The van der Waals surface area contributed by atoms with Gasteiger partial charge < -0.3 is 20.5 Å². The van der Waals surface area contributed by atoms with Crippen LogP contribution in [0.3, 0.4) is 0 Å². The van der Waals surface area contributed by atoms with E-state index in [1.807, 2.05) is 38.1 Å². The Morgan fingerprint density at radius 3 is 2.46 bits per heavy atom. The van der Waals surface area contributed by atoms with Crippen LogP contribution < -0.4 is 15.8 Å². The van der Waals surface area contributed by atoms with Gasteiger partial charge in [-0.2, -0.15) is 0 Å². The van der Waals surface area contributed by atoms with Gasteiger partial charge in [-0.1, -0.05) is 26.0 Å². The quantitative estimate of drug-likeness (QED) is 0.782. The first kappa shape index (κ1) is 18.7. The van der Waals surface area contributed by atoms with E-state index in [0.717, 1.165) is 24.4 Å². The molecule has 24 heavy (non-hydrogen) atoms. The summed E-state index contributed by atoms with van der Waals surface area (Å²) in [6.45, 7) is 7.57. The Hall–Kier alpha value is -1.63. The number of methoxy groups -OCH3 is 1. The van der Waals surface area contributed by atoms with Gasteiger partial charge in [0.15, 0.2) is 0 Å². The standard InChI is InChI=1S/C18H29N3O3/c1-13(2)17(19)18(22)20-12-16(21-8-10-24-11-9-21)14-4-6-15(23-3)7-5-14/h4-7,13,16-17H,8-12,19H2,1-3H3,(H,20,22)/t16?,17-/m0/s1. The van der Waals surface area contributed by atoms with Crippen molar-refractivity contribution in [2.24, 2.45) is 11.7 Å². The SMILES string of the molecule is COc1ccc(C(CNC(=O)[C@@H](N)C(C)C)N2CCOCC2)cc1. The fourth-order valence-corrected chi connectivity index (χ4v) is 2.79. The molecule has 1 fully saturated rings. The first-order valence-corrected chi connectivity index (χ1v) is 8.52. The van der Waals surface area contributed by atoms with Gasteiger partial charge in [0.25, 0.3) is 0 Å². The highest BCUT2D eigenvalue weighted by Crippen LogP contribution is 2.23. The van der Waals surface area contributed by atoms with Crippen molar-refractivity contribution < 1.29 is 14.3 Å². The molecule has 1 aromatic carbocycles. The van der Waals surface area contributed by atoms with E-state index < -0.39 is 6.04 Å². The monoisotopic (exact) mass is 335 g/mol. The highest BCUT2D eigenvalue weighted by molar-refractivity contribution is 5.81. The molecule has 1 aliphatic rings. The average molecular weight is 335 g/mol. The minimum Gasteiger partial charge on any atom is -0.497 e. The van der Waals surface area contributed by atoms with Crippen LogP contribution >= 0.6 is 0 Å². The Kier molecular flexibility index (Phi) is 7.02. The molecule has 0 aromatic heterocycles. The molecule has 0 radical (unpaired) electrons. The number of nitrogens with one attached hydrogen (secondary N) is 1. The third kappa shape index (κ3) is 4.93. The number of morpholine rings is 1. The summed E-state index contributed by atoms with van der Waals surface area (Å²) in [7, 11) is 1.65. The predicted octanol–water partition coefficient (Wildman–Crippen LogP) is 1.17. The van der Waals surface area contributed by atoms with Crippen LogP contribution in [0, 0.1) is 5.92 Å². The van der Waals surface area contributed by atoms with Crippen LogP contribution in [-0.4, -0.2) is 56.8 Å². The number of hydrogen-bond donors (Lipinski definition) is 2. The van der Waals surface area contributed by atoms with Gasteiger partial charge in [-0.05, 0) is 23.6 Å². The normalized spacial score (nSPS) is 18.2. The maximum Gasteiger partial charge on any atom is 0.237 e. The van der Waals surface area contributed by atoms with Gasteiger partial charge >= 0.3 is 0 Å². The molecule has 0 spiro atoms. The second-order valence-corrected chi connectivity index (χ2v) is 6.45. The number of nitrogens with zero attached hydrogens (tertiary/aromatic N) is 1. The van der Waals surface area contributed by atoms with Crippen LogP contribution in [0.2, 0.25) is 0 Å². The van der Waals surface area contributed by atoms with Crippen molar-refractivity contribution >= 4 is 5.91 Å². The summed E-state index contributed by atoms with van der Waals surface area (Å²) in [5.74, 6) is 0.843. The van der Waals surface area contributed by atoms with Crippen molar-refractivity contribution in [2.75, 3.05) is 40.0 Å². The molecule has 0 bridgehead atoms. The molecule has 1 aliphatic heterocycles. The van der Waals surface area contributed by atoms with Gasteiger partial charge in [0.2, 0.25) is 5.91 Å². The van der Waals surface area contributed by atoms with Crippen LogP contribution in [0.1, 0.15) is 25.5 Å². The third-order valence-corrected chi connectivity index (χ3v) is 4.48. The van der Waals surface area contributed by atoms with E-state index in [4.69, 9.17) is 15.2 Å². The second-order valence-electron chi connectivity index (χ2n) is 6.45. The predicted molar refractivity (Wildman–Crippen MR) is 94.0 cm³/mol. The molecule has 1 aromatic rings. The molecule has 2 atom stereocenters. The summed E-state index contributed by atoms with van der Waals surface area (Å²) >= 11 is 0. The van der Waals surface area contributed by atoms with Gasteiger partial charge in [0.05, 0.1) is 32.4 Å². The summed E-state index contributed by atoms with van der Waals surface area (Å²) in [4.78, 5) is 14.5. The highest BCUT2D eigenvalue weighted by Gasteiger charge is 2.25. The molecule has 6 heteroatoms. The molecule has 1 saturated heterocycles. The molecule has 0 aliphatic carbocycles. The van der Waals surface area contributed by atoms with Crippen molar-refractivity contribution in [3.63, 3.8) is 0 Å². The topological polar surface area (TPSA) is 76.8 Å². The van der Waals surface area contributed by atoms with Crippen LogP contribution in [0.15, 0.2) is 24.3 Å². The van der Waals surface area contributed by atoms with E-state index >= 15 is 0 Å². The Balaban J connectivity index is 2.08. The Morgan fingerprint density at radius 1 is 1.29 bits per heavy atom. The van der Waals surface area contributed by atoms with Crippen LogP contribution in [0.25, 0.3) is 0 Å². The van der Waals surface area contributed by atoms with E-state index in [0.29, 0.717) is 19.8 Å². The first-order chi connectivity index (χ1) is 11.5. The minimum atomic E-state index is -0.480. The van der Waals surface area contributed by atoms with Gasteiger partial charge in [0, 0.05) is 19.6 Å². The minimum absolute atomic E-state index is 0.100. The fraction of sp³-hybridized carbons (Fsp3) is 0.611. The van der Waals surface area contributed by atoms with Gasteiger partial charge in [0.1, 0.15) is 5.75 Å². The summed E-state index contributed by atoms with van der Waals surface area (Å²) in [5, 5.41) is 3.01. The number of hydrogen-bond acceptors (Lipinski definition) is 5. The van der Waals surface area contributed by atoms with Crippen LogP contribution in [0.5, 0.6) is 5.75 Å². The van der Waals surface area contributed by atoms with E-state index in [2.05, 4.69) is 10.2 Å². The highest BCUT2D eigenvalue weighted by atomic mass is 16.5. The van der Waals surface area contributed by atoms with Gasteiger partial charge in [-0.15, -0.1) is 0 Å². The molecule has 0 saturated carbocycles. The molecular weight excluding hydrogens is 306 g/mol. The number of rotatable bonds is 7. The Morgan fingerprint density at radius 2 is 1.92 bits per heavy atom. The molecular formula is C18H29N3O3. The zero-order valence-corrected chi connectivity index (χ0v) is 14.8. The Bertz CT molecular complexity index is 513. The van der Waals surface area contributed by atoms with E-state index in [1.165, 1.54) is 0 Å². The number of ether oxygens (including phenoxy) is 2. The zero-order valence-electron chi connectivity index (χ0n) is 14.8. The number of benzene rings is 1. The van der Waals surface area contributed by atoms with E-state index in [1.54, 1.807) is 7.11 Å². The van der Waals surface area contributed by atoms with Crippen molar-refractivity contribution in [3.05, 3.63) is 29.8 Å². The maximum atomic E-state index is 12.2. The first-order valence-electron chi connectivity index (χ1n) is 8.52.